The van der Waals surface area contributed by atoms with Gasteiger partial charge in [-0.15, -0.1) is 0 Å². The Hall–Kier alpha value is -2.60. The Bertz CT molecular complexity index is 1030. The summed E-state index contributed by atoms with van der Waals surface area (Å²) in [7, 11) is 0. The lowest BCUT2D eigenvalue weighted by atomic mass is 10.2. The van der Waals surface area contributed by atoms with E-state index in [1.54, 1.807) is 15.5 Å². The molecule has 0 fully saturated rings. The van der Waals surface area contributed by atoms with Gasteiger partial charge in [0.2, 0.25) is 5.91 Å². The Morgan fingerprint density at radius 2 is 1.71 bits per heavy atom. The number of nitrogens with zero attached hydrogens (tertiary/aromatic N) is 3. The van der Waals surface area contributed by atoms with Gasteiger partial charge in [0.15, 0.2) is 5.16 Å². The Morgan fingerprint density at radius 3 is 2.36 bits per heavy atom. The van der Waals surface area contributed by atoms with Crippen LogP contribution in [0.5, 0.6) is 0 Å². The third-order valence-electron chi connectivity index (χ3n) is 4.57. The summed E-state index contributed by atoms with van der Waals surface area (Å²) in [6.07, 6.45) is 0. The SMILES string of the molecule is CCN(C(=O)[C@H](C)Sc1nc2ccccc2c(=O)n1C(C)C)c1ccccc1. The van der Waals surface area contributed by atoms with Crippen LogP contribution in [-0.2, 0) is 4.79 Å². The standard InChI is InChI=1S/C22H25N3O2S/c1-5-24(17-11-7-6-8-12-17)20(26)16(4)28-22-23-19-14-10-9-13-18(19)21(27)25(22)15(2)3/h6-16H,5H2,1-4H3/t16-/m0/s1. The summed E-state index contributed by atoms with van der Waals surface area (Å²) < 4.78 is 1.68. The largest absolute Gasteiger partial charge is 0.312 e. The van der Waals surface area contributed by atoms with E-state index < -0.39 is 0 Å². The zero-order valence-electron chi connectivity index (χ0n) is 16.6. The molecule has 1 atom stereocenters. The fraction of sp³-hybridized carbons (Fsp3) is 0.318. The van der Waals surface area contributed by atoms with Crippen molar-refractivity contribution in [3.05, 3.63) is 65.0 Å². The molecule has 3 aromatic rings. The highest BCUT2D eigenvalue weighted by atomic mass is 32.2. The second-order valence-corrected chi connectivity index (χ2v) is 8.17. The van der Waals surface area contributed by atoms with Crippen molar-refractivity contribution >= 4 is 34.3 Å². The summed E-state index contributed by atoms with van der Waals surface area (Å²) in [4.78, 5) is 32.5. The fourth-order valence-electron chi connectivity index (χ4n) is 3.17. The predicted octanol–water partition coefficient (Wildman–Crippen LogP) is 4.51. The highest BCUT2D eigenvalue weighted by molar-refractivity contribution is 8.00. The van der Waals surface area contributed by atoms with Crippen LogP contribution in [-0.4, -0.2) is 27.3 Å². The molecule has 5 nitrogen and oxygen atoms in total. The number of para-hydroxylation sites is 2. The van der Waals surface area contributed by atoms with Crippen molar-refractivity contribution in [3.63, 3.8) is 0 Å². The van der Waals surface area contributed by atoms with Gasteiger partial charge in [-0.1, -0.05) is 42.1 Å². The number of hydrogen-bond acceptors (Lipinski definition) is 4. The lowest BCUT2D eigenvalue weighted by Crippen LogP contribution is -2.37. The molecule has 0 saturated carbocycles. The Balaban J connectivity index is 1.96. The van der Waals surface area contributed by atoms with Gasteiger partial charge in [0, 0.05) is 18.3 Å². The number of anilines is 1. The number of hydrogen-bond donors (Lipinski definition) is 0. The van der Waals surface area contributed by atoms with Crippen molar-refractivity contribution < 1.29 is 4.79 Å². The van der Waals surface area contributed by atoms with Gasteiger partial charge in [0.05, 0.1) is 16.2 Å². The van der Waals surface area contributed by atoms with E-state index in [4.69, 9.17) is 4.98 Å². The third kappa shape index (κ3) is 3.97. The van der Waals surface area contributed by atoms with E-state index in [-0.39, 0.29) is 22.8 Å². The molecule has 0 aliphatic heterocycles. The normalized spacial score (nSPS) is 12.3. The molecule has 6 heteroatoms. The summed E-state index contributed by atoms with van der Waals surface area (Å²) in [6, 6.07) is 16.9. The Kier molecular flexibility index (Phi) is 6.19. The number of rotatable bonds is 6. The smallest absolute Gasteiger partial charge is 0.262 e. The van der Waals surface area contributed by atoms with Crippen LogP contribution in [0.1, 0.15) is 33.7 Å². The Labute approximate surface area is 169 Å². The van der Waals surface area contributed by atoms with Gasteiger partial charge in [-0.25, -0.2) is 4.98 Å². The first-order chi connectivity index (χ1) is 13.4. The van der Waals surface area contributed by atoms with Crippen LogP contribution in [0.4, 0.5) is 5.69 Å². The lowest BCUT2D eigenvalue weighted by molar-refractivity contribution is -0.117. The van der Waals surface area contributed by atoms with E-state index in [0.29, 0.717) is 22.6 Å². The van der Waals surface area contributed by atoms with Crippen LogP contribution in [0.15, 0.2) is 64.5 Å². The molecule has 1 amide bonds. The van der Waals surface area contributed by atoms with Crippen LogP contribution in [0.25, 0.3) is 10.9 Å². The molecule has 0 N–H and O–H groups in total. The van der Waals surface area contributed by atoms with E-state index >= 15 is 0 Å². The first-order valence-electron chi connectivity index (χ1n) is 9.48. The third-order valence-corrected chi connectivity index (χ3v) is 5.63. The molecule has 0 unspecified atom stereocenters. The van der Waals surface area contributed by atoms with Crippen LogP contribution in [0, 0.1) is 0 Å². The van der Waals surface area contributed by atoms with Gasteiger partial charge in [0.25, 0.3) is 5.56 Å². The zero-order chi connectivity index (χ0) is 20.3. The highest BCUT2D eigenvalue weighted by Gasteiger charge is 2.24. The maximum absolute atomic E-state index is 13.1. The summed E-state index contributed by atoms with van der Waals surface area (Å²) in [5.74, 6) is -0.00332. The molecule has 0 saturated heterocycles. The maximum atomic E-state index is 13.1. The van der Waals surface area contributed by atoms with Crippen molar-refractivity contribution in [2.45, 2.75) is 44.1 Å². The monoisotopic (exact) mass is 395 g/mol. The summed E-state index contributed by atoms with van der Waals surface area (Å²) in [5, 5.41) is 0.792. The van der Waals surface area contributed by atoms with Gasteiger partial charge in [-0.2, -0.15) is 0 Å². The zero-order valence-corrected chi connectivity index (χ0v) is 17.4. The van der Waals surface area contributed by atoms with E-state index in [2.05, 4.69) is 0 Å². The van der Waals surface area contributed by atoms with Crippen LogP contribution < -0.4 is 10.5 Å². The fourth-order valence-corrected chi connectivity index (χ4v) is 4.27. The number of carbonyl (C=O) groups is 1. The van der Waals surface area contributed by atoms with Gasteiger partial charge >= 0.3 is 0 Å². The van der Waals surface area contributed by atoms with Crippen molar-refractivity contribution in [1.82, 2.24) is 9.55 Å². The minimum absolute atomic E-state index is 0.00332. The summed E-state index contributed by atoms with van der Waals surface area (Å²) >= 11 is 1.33. The van der Waals surface area contributed by atoms with Crippen LogP contribution >= 0.6 is 11.8 Å². The molecule has 0 aliphatic carbocycles. The minimum Gasteiger partial charge on any atom is -0.312 e. The van der Waals surface area contributed by atoms with E-state index in [1.165, 1.54) is 11.8 Å². The summed E-state index contributed by atoms with van der Waals surface area (Å²) in [6.45, 7) is 8.31. The molecule has 3 rings (SSSR count). The van der Waals surface area contributed by atoms with E-state index in [9.17, 15) is 9.59 Å². The van der Waals surface area contributed by atoms with Crippen LogP contribution in [0.3, 0.4) is 0 Å². The molecular weight excluding hydrogens is 370 g/mol. The van der Waals surface area contributed by atoms with E-state index in [0.717, 1.165) is 5.69 Å². The molecule has 1 heterocycles. The number of aromatic nitrogens is 2. The van der Waals surface area contributed by atoms with Gasteiger partial charge in [-0.3, -0.25) is 14.2 Å². The van der Waals surface area contributed by atoms with Gasteiger partial charge in [0.1, 0.15) is 0 Å². The molecule has 0 aliphatic rings. The van der Waals surface area contributed by atoms with Crippen molar-refractivity contribution in [2.75, 3.05) is 11.4 Å². The van der Waals surface area contributed by atoms with Crippen LogP contribution in [0.2, 0.25) is 0 Å². The molecule has 0 radical (unpaired) electrons. The topological polar surface area (TPSA) is 55.2 Å². The number of thioether (sulfide) groups is 1. The quantitative estimate of drug-likeness (QED) is 0.455. The second-order valence-electron chi connectivity index (χ2n) is 6.86. The molecule has 146 valence electrons. The molecule has 1 aromatic heterocycles. The minimum atomic E-state index is -0.377. The highest BCUT2D eigenvalue weighted by Crippen LogP contribution is 2.27. The predicted molar refractivity (Wildman–Crippen MR) is 116 cm³/mol. The Morgan fingerprint density at radius 1 is 1.07 bits per heavy atom. The molecule has 0 spiro atoms. The average molecular weight is 396 g/mol. The molecule has 28 heavy (non-hydrogen) atoms. The first kappa shape index (κ1) is 20.1. The molecule has 0 bridgehead atoms. The molecular formula is C22H25N3O2S. The van der Waals surface area contributed by atoms with Gasteiger partial charge < -0.3 is 4.90 Å². The summed E-state index contributed by atoms with van der Waals surface area (Å²) in [5.41, 5.74) is 1.45. The van der Waals surface area contributed by atoms with Crippen molar-refractivity contribution in [2.24, 2.45) is 0 Å². The lowest BCUT2D eigenvalue weighted by Gasteiger charge is -2.25. The average Bonchev–Trinajstić information content (AvgIpc) is 2.69. The maximum Gasteiger partial charge on any atom is 0.262 e. The van der Waals surface area contributed by atoms with Crippen molar-refractivity contribution in [3.8, 4) is 0 Å². The second kappa shape index (κ2) is 8.61. The first-order valence-corrected chi connectivity index (χ1v) is 10.4. The number of benzene rings is 2. The number of amides is 1. The van der Waals surface area contributed by atoms with Crippen molar-refractivity contribution in [1.29, 1.82) is 0 Å². The number of carbonyl (C=O) groups excluding carboxylic acids is 1. The van der Waals surface area contributed by atoms with E-state index in [1.807, 2.05) is 76.2 Å². The number of fused-ring (bicyclic) bond motifs is 1. The molecule has 2 aromatic carbocycles. The van der Waals surface area contributed by atoms with Gasteiger partial charge in [-0.05, 0) is 52.0 Å².